The Morgan fingerprint density at radius 3 is 2.95 bits per heavy atom. The van der Waals surface area contributed by atoms with Crippen LogP contribution in [-0.4, -0.2) is 53.1 Å². The molecule has 1 fully saturated rings. The average Bonchev–Trinajstić information content (AvgIpc) is 2.31. The molecule has 7 nitrogen and oxygen atoms in total. The van der Waals surface area contributed by atoms with Crippen LogP contribution in [0.25, 0.3) is 0 Å². The van der Waals surface area contributed by atoms with E-state index in [0.717, 1.165) is 0 Å². The number of urea groups is 1. The second-order valence-electron chi connectivity index (χ2n) is 4.47. The monoisotopic (exact) mass is 269 g/mol. The Morgan fingerprint density at radius 2 is 2.37 bits per heavy atom. The predicted molar refractivity (Wildman–Crippen MR) is 68.6 cm³/mol. The maximum absolute atomic E-state index is 12.0. The number of amides is 3. The number of rotatable bonds is 5. The zero-order valence-corrected chi connectivity index (χ0v) is 10.9. The van der Waals surface area contributed by atoms with Crippen LogP contribution < -0.4 is 10.6 Å². The van der Waals surface area contributed by atoms with Gasteiger partial charge < -0.3 is 20.6 Å². The van der Waals surface area contributed by atoms with Crippen molar-refractivity contribution in [1.82, 2.24) is 15.5 Å². The Kier molecular flexibility index (Phi) is 5.35. The van der Waals surface area contributed by atoms with Crippen molar-refractivity contribution < 1.29 is 19.5 Å². The van der Waals surface area contributed by atoms with E-state index in [2.05, 4.69) is 17.2 Å². The number of carboxylic acid groups (broad SMARTS) is 1. The third-order valence-corrected chi connectivity index (χ3v) is 2.85. The maximum atomic E-state index is 12.0. The van der Waals surface area contributed by atoms with Crippen molar-refractivity contribution in [2.75, 3.05) is 13.1 Å². The Balaban J connectivity index is 2.70. The lowest BCUT2D eigenvalue weighted by Gasteiger charge is -2.34. The van der Waals surface area contributed by atoms with Gasteiger partial charge in [0.25, 0.3) is 0 Å². The number of piperazine rings is 1. The number of carbonyl (C=O) groups is 3. The number of aliphatic carboxylic acids is 1. The summed E-state index contributed by atoms with van der Waals surface area (Å²) < 4.78 is 0. The van der Waals surface area contributed by atoms with Gasteiger partial charge in [0.15, 0.2) is 0 Å². The van der Waals surface area contributed by atoms with Crippen molar-refractivity contribution in [3.05, 3.63) is 12.7 Å². The lowest BCUT2D eigenvalue weighted by Crippen LogP contribution is -2.60. The Labute approximate surface area is 111 Å². The molecule has 2 unspecified atom stereocenters. The standard InChI is InChI=1S/C12H19N3O4/c1-3-4-8(2)14-12(19)15-6-5-13-11(18)9(15)7-10(16)17/h3,8-9H,1,4-7H2,2H3,(H,13,18)(H,14,19)(H,16,17). The molecule has 7 heteroatoms. The van der Waals surface area contributed by atoms with E-state index < -0.39 is 30.4 Å². The van der Waals surface area contributed by atoms with Crippen LogP contribution in [-0.2, 0) is 9.59 Å². The molecule has 0 aromatic carbocycles. The van der Waals surface area contributed by atoms with Gasteiger partial charge in [0.2, 0.25) is 5.91 Å². The number of nitrogens with zero attached hydrogens (tertiary/aromatic N) is 1. The molecule has 1 saturated heterocycles. The van der Waals surface area contributed by atoms with Gasteiger partial charge in [-0.15, -0.1) is 6.58 Å². The summed E-state index contributed by atoms with van der Waals surface area (Å²) in [4.78, 5) is 35.7. The summed E-state index contributed by atoms with van der Waals surface area (Å²) in [6.45, 7) is 6.03. The molecular formula is C12H19N3O4. The third-order valence-electron chi connectivity index (χ3n) is 2.85. The largest absolute Gasteiger partial charge is 0.481 e. The number of hydrogen-bond donors (Lipinski definition) is 3. The van der Waals surface area contributed by atoms with Gasteiger partial charge in [-0.1, -0.05) is 6.08 Å². The molecule has 2 atom stereocenters. The number of hydrogen-bond acceptors (Lipinski definition) is 3. The molecule has 19 heavy (non-hydrogen) atoms. The van der Waals surface area contributed by atoms with Crippen LogP contribution >= 0.6 is 0 Å². The van der Waals surface area contributed by atoms with Gasteiger partial charge in [0.1, 0.15) is 6.04 Å². The Hall–Kier alpha value is -2.05. The first-order valence-corrected chi connectivity index (χ1v) is 6.13. The number of carbonyl (C=O) groups excluding carboxylic acids is 2. The van der Waals surface area contributed by atoms with Crippen molar-refractivity contribution >= 4 is 17.9 Å². The van der Waals surface area contributed by atoms with Crippen LogP contribution in [0.3, 0.4) is 0 Å². The summed E-state index contributed by atoms with van der Waals surface area (Å²) in [7, 11) is 0. The van der Waals surface area contributed by atoms with E-state index in [4.69, 9.17) is 5.11 Å². The molecule has 0 aromatic heterocycles. The quantitative estimate of drug-likeness (QED) is 0.609. The highest BCUT2D eigenvalue weighted by Crippen LogP contribution is 2.10. The van der Waals surface area contributed by atoms with Crippen molar-refractivity contribution in [1.29, 1.82) is 0 Å². The molecule has 0 saturated carbocycles. The molecule has 1 heterocycles. The zero-order chi connectivity index (χ0) is 14.4. The fourth-order valence-electron chi connectivity index (χ4n) is 1.93. The van der Waals surface area contributed by atoms with Crippen LogP contribution in [0.5, 0.6) is 0 Å². The topological polar surface area (TPSA) is 98.7 Å². The fourth-order valence-corrected chi connectivity index (χ4v) is 1.93. The summed E-state index contributed by atoms with van der Waals surface area (Å²) in [6.07, 6.45) is 1.90. The van der Waals surface area contributed by atoms with E-state index in [9.17, 15) is 14.4 Å². The average molecular weight is 269 g/mol. The first kappa shape index (κ1) is 15.0. The van der Waals surface area contributed by atoms with Crippen LogP contribution in [0.4, 0.5) is 4.79 Å². The molecule has 0 aliphatic carbocycles. The third kappa shape index (κ3) is 4.27. The van der Waals surface area contributed by atoms with E-state index in [1.54, 1.807) is 6.08 Å². The molecule has 106 valence electrons. The normalized spacial score (nSPS) is 20.4. The van der Waals surface area contributed by atoms with Crippen molar-refractivity contribution in [3.8, 4) is 0 Å². The van der Waals surface area contributed by atoms with Gasteiger partial charge in [-0.3, -0.25) is 9.59 Å². The fraction of sp³-hybridized carbons (Fsp3) is 0.583. The second kappa shape index (κ2) is 6.77. The minimum Gasteiger partial charge on any atom is -0.481 e. The van der Waals surface area contributed by atoms with E-state index >= 15 is 0 Å². The van der Waals surface area contributed by atoms with Crippen molar-refractivity contribution in [2.24, 2.45) is 0 Å². The molecule has 3 N–H and O–H groups in total. The van der Waals surface area contributed by atoms with Crippen LogP contribution in [0.15, 0.2) is 12.7 Å². The first-order chi connectivity index (χ1) is 8.95. The molecular weight excluding hydrogens is 250 g/mol. The second-order valence-corrected chi connectivity index (χ2v) is 4.47. The summed E-state index contributed by atoms with van der Waals surface area (Å²) in [5.41, 5.74) is 0. The first-order valence-electron chi connectivity index (χ1n) is 6.13. The van der Waals surface area contributed by atoms with Crippen LogP contribution in [0.2, 0.25) is 0 Å². The van der Waals surface area contributed by atoms with E-state index in [0.29, 0.717) is 19.5 Å². The van der Waals surface area contributed by atoms with Crippen LogP contribution in [0, 0.1) is 0 Å². The van der Waals surface area contributed by atoms with Gasteiger partial charge in [-0.25, -0.2) is 4.79 Å². The van der Waals surface area contributed by atoms with Gasteiger partial charge in [0.05, 0.1) is 6.42 Å². The number of carboxylic acids is 1. The smallest absolute Gasteiger partial charge is 0.318 e. The van der Waals surface area contributed by atoms with E-state index in [1.807, 2.05) is 6.92 Å². The molecule has 3 amide bonds. The van der Waals surface area contributed by atoms with Crippen molar-refractivity contribution in [2.45, 2.75) is 31.8 Å². The molecule has 1 aliphatic rings. The highest BCUT2D eigenvalue weighted by Gasteiger charge is 2.34. The van der Waals surface area contributed by atoms with Crippen LogP contribution in [0.1, 0.15) is 19.8 Å². The summed E-state index contributed by atoms with van der Waals surface area (Å²) in [5, 5.41) is 14.1. The minimum absolute atomic E-state index is 0.111. The number of nitrogens with one attached hydrogen (secondary N) is 2. The van der Waals surface area contributed by atoms with Crippen molar-refractivity contribution in [3.63, 3.8) is 0 Å². The predicted octanol–water partition coefficient (Wildman–Crippen LogP) is -0.0643. The van der Waals surface area contributed by atoms with Gasteiger partial charge in [0, 0.05) is 19.1 Å². The maximum Gasteiger partial charge on any atom is 0.318 e. The highest BCUT2D eigenvalue weighted by molar-refractivity contribution is 5.91. The molecule has 1 rings (SSSR count). The minimum atomic E-state index is -1.11. The molecule has 0 radical (unpaired) electrons. The molecule has 0 aromatic rings. The zero-order valence-electron chi connectivity index (χ0n) is 10.9. The van der Waals surface area contributed by atoms with E-state index in [1.165, 1.54) is 4.90 Å². The van der Waals surface area contributed by atoms with Gasteiger partial charge in [-0.2, -0.15) is 0 Å². The van der Waals surface area contributed by atoms with E-state index in [-0.39, 0.29) is 6.04 Å². The van der Waals surface area contributed by atoms with Gasteiger partial charge >= 0.3 is 12.0 Å². The molecule has 1 aliphatic heterocycles. The summed E-state index contributed by atoms with van der Waals surface area (Å²) >= 11 is 0. The molecule has 0 spiro atoms. The Bertz CT molecular complexity index is 383. The lowest BCUT2D eigenvalue weighted by atomic mass is 10.1. The molecule has 0 bridgehead atoms. The highest BCUT2D eigenvalue weighted by atomic mass is 16.4. The summed E-state index contributed by atoms with van der Waals surface area (Å²) in [5.74, 6) is -1.54. The van der Waals surface area contributed by atoms with Gasteiger partial charge in [-0.05, 0) is 13.3 Å². The summed E-state index contributed by atoms with van der Waals surface area (Å²) in [6, 6.07) is -1.49. The lowest BCUT2D eigenvalue weighted by molar-refractivity contribution is -0.142. The SMILES string of the molecule is C=CCC(C)NC(=O)N1CCNC(=O)C1CC(=O)O. The Morgan fingerprint density at radius 1 is 1.68 bits per heavy atom.